The third-order valence-corrected chi connectivity index (χ3v) is 3.08. The van der Waals surface area contributed by atoms with Crippen LogP contribution >= 0.6 is 0 Å². The first kappa shape index (κ1) is 16.8. The highest BCUT2D eigenvalue weighted by Crippen LogP contribution is 2.22. The molecule has 1 N–H and O–H groups in total. The lowest BCUT2D eigenvalue weighted by Crippen LogP contribution is -2.28. The molecule has 0 unspecified atom stereocenters. The number of hydrogen-bond donors (Lipinski definition) is 1. The zero-order valence-electron chi connectivity index (χ0n) is 13.0. The van der Waals surface area contributed by atoms with Crippen LogP contribution in [-0.4, -0.2) is 31.5 Å². The predicted octanol–water partition coefficient (Wildman–Crippen LogP) is 3.15. The van der Waals surface area contributed by atoms with Gasteiger partial charge in [-0.1, -0.05) is 13.8 Å². The fourth-order valence-electron chi connectivity index (χ4n) is 2.16. The number of rotatable bonds is 7. The van der Waals surface area contributed by atoms with Gasteiger partial charge in [-0.2, -0.15) is 0 Å². The standard InChI is InChI=1S/C15H25F2N3/c1-10(2)7-18-8-13-11(3)6-12(4)19-15(13)20(5)9-14(16)17/h6,10,14,18H,7-9H2,1-5H3. The fraction of sp³-hybridized carbons (Fsp3) is 0.667. The molecule has 1 rings (SSSR count). The van der Waals surface area contributed by atoms with Gasteiger partial charge >= 0.3 is 0 Å². The van der Waals surface area contributed by atoms with Crippen molar-refractivity contribution in [1.29, 1.82) is 0 Å². The first-order valence-electron chi connectivity index (χ1n) is 6.98. The molecule has 0 bridgehead atoms. The van der Waals surface area contributed by atoms with Crippen LogP contribution in [0.2, 0.25) is 0 Å². The average molecular weight is 285 g/mol. The lowest BCUT2D eigenvalue weighted by Gasteiger charge is -2.23. The second-order valence-corrected chi connectivity index (χ2v) is 5.68. The average Bonchev–Trinajstić information content (AvgIpc) is 2.29. The Hall–Kier alpha value is -1.23. The van der Waals surface area contributed by atoms with Crippen molar-refractivity contribution in [1.82, 2.24) is 10.3 Å². The van der Waals surface area contributed by atoms with Crippen LogP contribution in [0.1, 0.15) is 30.7 Å². The van der Waals surface area contributed by atoms with Crippen molar-refractivity contribution in [2.45, 2.75) is 40.7 Å². The van der Waals surface area contributed by atoms with Crippen molar-refractivity contribution in [3.63, 3.8) is 0 Å². The van der Waals surface area contributed by atoms with Gasteiger partial charge in [-0.3, -0.25) is 0 Å². The lowest BCUT2D eigenvalue weighted by molar-refractivity contribution is 0.156. The molecule has 1 aromatic rings. The van der Waals surface area contributed by atoms with Crippen molar-refractivity contribution in [3.8, 4) is 0 Å². The van der Waals surface area contributed by atoms with E-state index in [0.717, 1.165) is 23.4 Å². The van der Waals surface area contributed by atoms with Crippen LogP contribution in [0, 0.1) is 19.8 Å². The maximum Gasteiger partial charge on any atom is 0.255 e. The van der Waals surface area contributed by atoms with E-state index in [-0.39, 0.29) is 6.54 Å². The molecule has 0 spiro atoms. The number of aromatic nitrogens is 1. The molecule has 3 nitrogen and oxygen atoms in total. The van der Waals surface area contributed by atoms with Crippen molar-refractivity contribution in [2.75, 3.05) is 25.0 Å². The number of alkyl halides is 2. The molecule has 0 amide bonds. The lowest BCUT2D eigenvalue weighted by atomic mass is 10.1. The Bertz CT molecular complexity index is 433. The minimum absolute atomic E-state index is 0.299. The number of nitrogens with zero attached hydrogens (tertiary/aromatic N) is 2. The largest absolute Gasteiger partial charge is 0.354 e. The van der Waals surface area contributed by atoms with Crippen LogP contribution in [0.4, 0.5) is 14.6 Å². The van der Waals surface area contributed by atoms with E-state index in [9.17, 15) is 8.78 Å². The second-order valence-electron chi connectivity index (χ2n) is 5.68. The molecule has 1 aromatic heterocycles. The van der Waals surface area contributed by atoms with Gasteiger partial charge in [0.15, 0.2) is 0 Å². The molecule has 0 aliphatic rings. The number of hydrogen-bond acceptors (Lipinski definition) is 3. The van der Waals surface area contributed by atoms with E-state index in [1.165, 1.54) is 4.90 Å². The Morgan fingerprint density at radius 1 is 1.30 bits per heavy atom. The molecule has 0 radical (unpaired) electrons. The third kappa shape index (κ3) is 5.04. The van der Waals surface area contributed by atoms with Crippen molar-refractivity contribution in [2.24, 2.45) is 5.92 Å². The van der Waals surface area contributed by atoms with Crippen LogP contribution in [-0.2, 0) is 6.54 Å². The second kappa shape index (κ2) is 7.53. The summed E-state index contributed by atoms with van der Waals surface area (Å²) in [5.74, 6) is 1.20. The topological polar surface area (TPSA) is 28.2 Å². The zero-order valence-corrected chi connectivity index (χ0v) is 13.0. The minimum Gasteiger partial charge on any atom is -0.354 e. The molecular formula is C15H25F2N3. The summed E-state index contributed by atoms with van der Waals surface area (Å²) < 4.78 is 25.2. The molecule has 0 saturated heterocycles. The van der Waals surface area contributed by atoms with Crippen LogP contribution in [0.3, 0.4) is 0 Å². The molecule has 0 aliphatic carbocycles. The summed E-state index contributed by atoms with van der Waals surface area (Å²) in [4.78, 5) is 5.98. The summed E-state index contributed by atoms with van der Waals surface area (Å²) >= 11 is 0. The van der Waals surface area contributed by atoms with Crippen LogP contribution < -0.4 is 10.2 Å². The van der Waals surface area contributed by atoms with Gasteiger partial charge in [-0.15, -0.1) is 0 Å². The molecule has 0 saturated carbocycles. The Labute approximate surface area is 120 Å². The summed E-state index contributed by atoms with van der Waals surface area (Å²) in [6.07, 6.45) is -2.36. The molecule has 5 heteroatoms. The quantitative estimate of drug-likeness (QED) is 0.834. The van der Waals surface area contributed by atoms with Gasteiger partial charge in [0.05, 0.1) is 6.54 Å². The fourth-order valence-corrected chi connectivity index (χ4v) is 2.16. The first-order valence-corrected chi connectivity index (χ1v) is 6.98. The van der Waals surface area contributed by atoms with E-state index < -0.39 is 6.43 Å². The van der Waals surface area contributed by atoms with E-state index in [1.807, 2.05) is 19.9 Å². The van der Waals surface area contributed by atoms with Crippen LogP contribution in [0.15, 0.2) is 6.07 Å². The van der Waals surface area contributed by atoms with Crippen LogP contribution in [0.5, 0.6) is 0 Å². The van der Waals surface area contributed by atoms with E-state index in [0.29, 0.717) is 18.3 Å². The van der Waals surface area contributed by atoms with Gasteiger partial charge in [0, 0.05) is 24.8 Å². The number of halogens is 2. The third-order valence-electron chi connectivity index (χ3n) is 3.08. The molecule has 0 aliphatic heterocycles. The first-order chi connectivity index (χ1) is 9.31. The summed E-state index contributed by atoms with van der Waals surface area (Å²) in [6.45, 7) is 9.41. The van der Waals surface area contributed by atoms with Gasteiger partial charge < -0.3 is 10.2 Å². The van der Waals surface area contributed by atoms with E-state index in [4.69, 9.17) is 0 Å². The van der Waals surface area contributed by atoms with Gasteiger partial charge in [0.25, 0.3) is 6.43 Å². The predicted molar refractivity (Wildman–Crippen MR) is 79.5 cm³/mol. The molecule has 0 atom stereocenters. The Morgan fingerprint density at radius 2 is 1.95 bits per heavy atom. The Kier molecular flexibility index (Phi) is 6.33. The highest BCUT2D eigenvalue weighted by molar-refractivity contribution is 5.51. The summed E-state index contributed by atoms with van der Waals surface area (Å²) in [5, 5.41) is 3.36. The smallest absolute Gasteiger partial charge is 0.255 e. The molecule has 0 fully saturated rings. The molecular weight excluding hydrogens is 260 g/mol. The molecule has 1 heterocycles. The molecule has 20 heavy (non-hydrogen) atoms. The zero-order chi connectivity index (χ0) is 15.3. The number of aryl methyl sites for hydroxylation is 2. The van der Waals surface area contributed by atoms with Crippen molar-refractivity contribution in [3.05, 3.63) is 22.9 Å². The molecule has 0 aromatic carbocycles. The molecule has 114 valence electrons. The normalized spacial score (nSPS) is 11.4. The summed E-state index contributed by atoms with van der Waals surface area (Å²) in [6, 6.07) is 1.99. The monoisotopic (exact) mass is 285 g/mol. The van der Waals surface area contributed by atoms with Gasteiger partial charge in [-0.25, -0.2) is 13.8 Å². The number of nitrogens with one attached hydrogen (secondary N) is 1. The van der Waals surface area contributed by atoms with Gasteiger partial charge in [0.1, 0.15) is 5.82 Å². The SMILES string of the molecule is Cc1cc(C)c(CNCC(C)C)c(N(C)CC(F)F)n1. The van der Waals surface area contributed by atoms with E-state index >= 15 is 0 Å². The Morgan fingerprint density at radius 3 is 2.50 bits per heavy atom. The van der Waals surface area contributed by atoms with Crippen molar-refractivity contribution < 1.29 is 8.78 Å². The van der Waals surface area contributed by atoms with Crippen molar-refractivity contribution >= 4 is 5.82 Å². The van der Waals surface area contributed by atoms with Crippen LogP contribution in [0.25, 0.3) is 0 Å². The highest BCUT2D eigenvalue weighted by Gasteiger charge is 2.16. The maximum atomic E-state index is 12.6. The maximum absolute atomic E-state index is 12.6. The summed E-state index contributed by atoms with van der Waals surface area (Å²) in [5.41, 5.74) is 2.94. The summed E-state index contributed by atoms with van der Waals surface area (Å²) in [7, 11) is 1.67. The van der Waals surface area contributed by atoms with Gasteiger partial charge in [-0.05, 0) is 37.9 Å². The Balaban J connectivity index is 2.95. The van der Waals surface area contributed by atoms with E-state index in [2.05, 4.69) is 24.1 Å². The highest BCUT2D eigenvalue weighted by atomic mass is 19.3. The van der Waals surface area contributed by atoms with Gasteiger partial charge in [0.2, 0.25) is 0 Å². The number of anilines is 1. The number of pyridine rings is 1. The minimum atomic E-state index is -2.36. The van der Waals surface area contributed by atoms with E-state index in [1.54, 1.807) is 7.05 Å².